The fourth-order valence-electron chi connectivity index (χ4n) is 5.20. The molecular formula is C35H32N2O2. The average molecular weight is 513 g/mol. The molecule has 5 rings (SSSR count). The van der Waals surface area contributed by atoms with Crippen LogP contribution in [0.2, 0.25) is 0 Å². The summed E-state index contributed by atoms with van der Waals surface area (Å²) in [5.74, 6) is -1.22. The normalized spacial score (nSPS) is 13.0. The second kappa shape index (κ2) is 11.8. The van der Waals surface area contributed by atoms with Gasteiger partial charge in [-0.05, 0) is 95.0 Å². The van der Waals surface area contributed by atoms with Crippen LogP contribution in [0.3, 0.4) is 0 Å². The molecule has 4 aromatic carbocycles. The Balaban J connectivity index is 1.33. The number of unbranched alkanes of at least 4 members (excludes halogenated alkanes) is 1. The summed E-state index contributed by atoms with van der Waals surface area (Å²) < 4.78 is 0. The Bertz CT molecular complexity index is 1530. The van der Waals surface area contributed by atoms with Gasteiger partial charge in [0.05, 0.1) is 0 Å². The molecule has 194 valence electrons. The van der Waals surface area contributed by atoms with Gasteiger partial charge in [0.1, 0.15) is 11.6 Å². The minimum atomic E-state index is -1.22. The first-order chi connectivity index (χ1) is 19.1. The molecule has 0 bridgehead atoms. The Hall–Kier alpha value is -4.62. The molecule has 0 unspecified atom stereocenters. The van der Waals surface area contributed by atoms with Crippen LogP contribution in [0.25, 0.3) is 28.3 Å². The average Bonchev–Trinajstić information content (AvgIpc) is 2.99. The topological polar surface area (TPSA) is 64.3 Å². The molecule has 0 saturated carbocycles. The van der Waals surface area contributed by atoms with Gasteiger partial charge in [0.2, 0.25) is 0 Å². The van der Waals surface area contributed by atoms with Crippen molar-refractivity contribution in [1.82, 2.24) is 0 Å². The molecule has 1 aliphatic rings. The number of benzene rings is 4. The maximum absolute atomic E-state index is 11.1. The van der Waals surface area contributed by atoms with Crippen LogP contribution < -0.4 is 4.90 Å². The molecule has 1 aliphatic heterocycles. The highest BCUT2D eigenvalue weighted by molar-refractivity contribution is 5.96. The van der Waals surface area contributed by atoms with Gasteiger partial charge in [0.15, 0.2) is 0 Å². The van der Waals surface area contributed by atoms with Gasteiger partial charge < -0.3 is 10.0 Å². The Morgan fingerprint density at radius 1 is 0.897 bits per heavy atom. The fraction of sp³-hybridized carbons (Fsp3) is 0.200. The van der Waals surface area contributed by atoms with E-state index in [4.69, 9.17) is 10.4 Å². The van der Waals surface area contributed by atoms with Gasteiger partial charge >= 0.3 is 5.97 Å². The predicted octanol–water partition coefficient (Wildman–Crippen LogP) is 8.44. The van der Waals surface area contributed by atoms with E-state index in [9.17, 15) is 4.79 Å². The number of aryl methyl sites for hydroxylation is 2. The second-order valence-corrected chi connectivity index (χ2v) is 10.0. The Labute approximate surface area is 230 Å². The van der Waals surface area contributed by atoms with Crippen LogP contribution >= 0.6 is 0 Å². The van der Waals surface area contributed by atoms with E-state index in [1.165, 1.54) is 52.5 Å². The van der Waals surface area contributed by atoms with E-state index in [0.29, 0.717) is 5.56 Å². The molecule has 1 heterocycles. The van der Waals surface area contributed by atoms with Crippen molar-refractivity contribution in [3.63, 3.8) is 0 Å². The molecule has 4 aromatic rings. The third-order valence-electron chi connectivity index (χ3n) is 7.39. The maximum atomic E-state index is 11.1. The molecule has 0 amide bonds. The molecule has 4 nitrogen and oxygen atoms in total. The van der Waals surface area contributed by atoms with Crippen LogP contribution in [0.15, 0.2) is 96.6 Å². The molecule has 0 spiro atoms. The summed E-state index contributed by atoms with van der Waals surface area (Å²) in [7, 11) is 0. The zero-order valence-electron chi connectivity index (χ0n) is 22.2. The number of hydrogen-bond acceptors (Lipinski definition) is 3. The lowest BCUT2D eigenvalue weighted by molar-refractivity contribution is -0.132. The van der Waals surface area contributed by atoms with Gasteiger partial charge in [0, 0.05) is 17.9 Å². The van der Waals surface area contributed by atoms with E-state index in [0.717, 1.165) is 36.9 Å². The number of anilines is 2. The second-order valence-electron chi connectivity index (χ2n) is 10.0. The summed E-state index contributed by atoms with van der Waals surface area (Å²) in [6.07, 6.45) is 7.21. The quantitative estimate of drug-likeness (QED) is 0.190. The molecule has 0 aromatic heterocycles. The lowest BCUT2D eigenvalue weighted by atomic mass is 9.94. The van der Waals surface area contributed by atoms with Crippen molar-refractivity contribution in [3.8, 4) is 28.3 Å². The third kappa shape index (κ3) is 5.94. The number of hydrogen-bond donors (Lipinski definition) is 1. The van der Waals surface area contributed by atoms with Crippen molar-refractivity contribution in [2.24, 2.45) is 0 Å². The van der Waals surface area contributed by atoms with Crippen LogP contribution in [-0.4, -0.2) is 17.6 Å². The van der Waals surface area contributed by atoms with Crippen molar-refractivity contribution >= 4 is 23.4 Å². The summed E-state index contributed by atoms with van der Waals surface area (Å²) in [6.45, 7) is 3.27. The minimum Gasteiger partial charge on any atom is -0.477 e. The van der Waals surface area contributed by atoms with Gasteiger partial charge in [-0.3, -0.25) is 0 Å². The van der Waals surface area contributed by atoms with Gasteiger partial charge in [-0.15, -0.1) is 0 Å². The van der Waals surface area contributed by atoms with Crippen LogP contribution in [-0.2, 0) is 17.6 Å². The van der Waals surface area contributed by atoms with E-state index in [1.807, 2.05) is 24.3 Å². The molecule has 0 aliphatic carbocycles. The highest BCUT2D eigenvalue weighted by atomic mass is 16.4. The molecule has 4 heteroatoms. The number of rotatable bonds is 8. The lowest BCUT2D eigenvalue weighted by Gasteiger charge is -2.32. The molecule has 0 fully saturated rings. The van der Waals surface area contributed by atoms with Crippen molar-refractivity contribution < 1.29 is 9.90 Å². The molecule has 0 saturated heterocycles. The first-order valence-electron chi connectivity index (χ1n) is 13.6. The number of aliphatic carboxylic acids is 1. The number of nitrogens with zero attached hydrogens (tertiary/aromatic N) is 2. The highest BCUT2D eigenvalue weighted by Gasteiger charge is 2.19. The van der Waals surface area contributed by atoms with E-state index in [2.05, 4.69) is 78.6 Å². The van der Waals surface area contributed by atoms with Gasteiger partial charge in [0.25, 0.3) is 0 Å². The summed E-state index contributed by atoms with van der Waals surface area (Å²) in [4.78, 5) is 13.5. The van der Waals surface area contributed by atoms with Crippen molar-refractivity contribution in [2.45, 2.75) is 39.0 Å². The standard InChI is InChI=1S/C35H32N2O2/c1-2-3-5-25-9-18-33(19-10-25)37-21-4-6-31-23-30(17-20-34(31)37)29-15-13-28(14-16-29)27-11-7-26(8-12-27)22-32(24-36)35(38)39/h7-20,22-23H,2-6,21H2,1H3,(H,38,39). The Morgan fingerprint density at radius 2 is 1.51 bits per heavy atom. The zero-order chi connectivity index (χ0) is 27.2. The summed E-state index contributed by atoms with van der Waals surface area (Å²) in [5, 5.41) is 18.0. The van der Waals surface area contributed by atoms with Crippen molar-refractivity contribution in [1.29, 1.82) is 5.26 Å². The molecule has 0 radical (unpaired) electrons. The van der Waals surface area contributed by atoms with Crippen LogP contribution in [0.5, 0.6) is 0 Å². The number of carbonyl (C=O) groups is 1. The number of carboxylic acid groups (broad SMARTS) is 1. The highest BCUT2D eigenvalue weighted by Crippen LogP contribution is 2.36. The number of carboxylic acids is 1. The van der Waals surface area contributed by atoms with Crippen LogP contribution in [0, 0.1) is 11.3 Å². The number of fused-ring (bicyclic) bond motifs is 1. The summed E-state index contributed by atoms with van der Waals surface area (Å²) >= 11 is 0. The smallest absolute Gasteiger partial charge is 0.346 e. The lowest BCUT2D eigenvalue weighted by Crippen LogP contribution is -2.24. The van der Waals surface area contributed by atoms with Gasteiger partial charge in [-0.1, -0.05) is 80.1 Å². The van der Waals surface area contributed by atoms with Gasteiger partial charge in [-0.2, -0.15) is 5.26 Å². The largest absolute Gasteiger partial charge is 0.477 e. The monoisotopic (exact) mass is 512 g/mol. The summed E-state index contributed by atoms with van der Waals surface area (Å²) in [5.41, 5.74) is 10.3. The maximum Gasteiger partial charge on any atom is 0.346 e. The molecule has 1 N–H and O–H groups in total. The Morgan fingerprint density at radius 3 is 2.13 bits per heavy atom. The molecule has 0 atom stereocenters. The molecule has 39 heavy (non-hydrogen) atoms. The van der Waals surface area contributed by atoms with E-state index >= 15 is 0 Å². The number of nitriles is 1. The van der Waals surface area contributed by atoms with Gasteiger partial charge in [-0.25, -0.2) is 4.79 Å². The fourth-order valence-corrected chi connectivity index (χ4v) is 5.20. The van der Waals surface area contributed by atoms with Crippen LogP contribution in [0.4, 0.5) is 11.4 Å². The van der Waals surface area contributed by atoms with E-state index in [1.54, 1.807) is 6.07 Å². The first kappa shape index (κ1) is 26.0. The summed E-state index contributed by atoms with van der Waals surface area (Å²) in [6, 6.07) is 33.7. The third-order valence-corrected chi connectivity index (χ3v) is 7.39. The van der Waals surface area contributed by atoms with Crippen molar-refractivity contribution in [2.75, 3.05) is 11.4 Å². The van der Waals surface area contributed by atoms with E-state index < -0.39 is 5.97 Å². The predicted molar refractivity (Wildman–Crippen MR) is 159 cm³/mol. The minimum absolute atomic E-state index is 0.277. The van der Waals surface area contributed by atoms with Crippen LogP contribution in [0.1, 0.15) is 42.9 Å². The van der Waals surface area contributed by atoms with E-state index in [-0.39, 0.29) is 5.57 Å². The van der Waals surface area contributed by atoms with Crippen molar-refractivity contribution in [3.05, 3.63) is 113 Å². The SMILES string of the molecule is CCCCc1ccc(N2CCCc3cc(-c4ccc(-c5ccc(C=C(C#N)C(=O)O)cc5)cc4)ccc32)cc1. The molecular weight excluding hydrogens is 480 g/mol. The first-order valence-corrected chi connectivity index (χ1v) is 13.6. The Kier molecular flexibility index (Phi) is 7.89. The zero-order valence-corrected chi connectivity index (χ0v) is 22.2.